The summed E-state index contributed by atoms with van der Waals surface area (Å²) in [6, 6.07) is 16.5. The molecule has 0 nitrogen and oxygen atoms in total. The Hall–Kier alpha value is -4.02. The quantitative estimate of drug-likeness (QED) is 0.227. The highest BCUT2D eigenvalue weighted by Crippen LogP contribution is 2.20. The van der Waals surface area contributed by atoms with E-state index in [2.05, 4.69) is 23.7 Å². The lowest BCUT2D eigenvalue weighted by atomic mass is 10.1. The van der Waals surface area contributed by atoms with Crippen LogP contribution in [-0.2, 0) is 0 Å². The Morgan fingerprint density at radius 1 is 0.484 bits per heavy atom. The molecule has 0 radical (unpaired) electrons. The van der Waals surface area contributed by atoms with E-state index in [4.69, 9.17) is 0 Å². The molecule has 4 heteroatoms. The third-order valence-electron chi connectivity index (χ3n) is 4.66. The number of rotatable bonds is 0. The smallest absolute Gasteiger partial charge is 0.159 e. The van der Waals surface area contributed by atoms with Gasteiger partial charge in [-0.15, -0.1) is 0 Å². The summed E-state index contributed by atoms with van der Waals surface area (Å²) in [7, 11) is 0. The first-order valence-electron chi connectivity index (χ1n) is 9.37. The highest BCUT2D eigenvalue weighted by Gasteiger charge is 2.09. The van der Waals surface area contributed by atoms with Crippen molar-refractivity contribution in [3.63, 3.8) is 0 Å². The van der Waals surface area contributed by atoms with Gasteiger partial charge in [0.2, 0.25) is 0 Å². The van der Waals surface area contributed by atoms with Gasteiger partial charge in [0, 0.05) is 16.7 Å². The van der Waals surface area contributed by atoms with Crippen LogP contribution in [0.1, 0.15) is 27.8 Å². The molecule has 0 unspecified atom stereocenters. The topological polar surface area (TPSA) is 0 Å². The van der Waals surface area contributed by atoms with Gasteiger partial charge in [0.1, 0.15) is 11.6 Å². The van der Waals surface area contributed by atoms with E-state index in [1.807, 2.05) is 31.2 Å². The van der Waals surface area contributed by atoms with Crippen molar-refractivity contribution in [3.8, 4) is 23.7 Å². The molecular weight excluding hydrogens is 400 g/mol. The van der Waals surface area contributed by atoms with E-state index in [1.54, 1.807) is 12.1 Å². The summed E-state index contributed by atoms with van der Waals surface area (Å²) in [6.07, 6.45) is 0. The molecule has 0 saturated heterocycles. The van der Waals surface area contributed by atoms with Crippen LogP contribution in [0.3, 0.4) is 0 Å². The summed E-state index contributed by atoms with van der Waals surface area (Å²) in [5, 5.41) is 0.937. The minimum atomic E-state index is -0.975. The summed E-state index contributed by atoms with van der Waals surface area (Å²) in [5.74, 6) is 7.20. The van der Waals surface area contributed by atoms with Crippen LogP contribution in [-0.4, -0.2) is 0 Å². The van der Waals surface area contributed by atoms with E-state index in [1.165, 1.54) is 6.07 Å². The fraction of sp³-hybridized carbons (Fsp3) is 0.0370. The van der Waals surface area contributed by atoms with Crippen molar-refractivity contribution in [2.75, 3.05) is 0 Å². The Balaban J connectivity index is 1.63. The Labute approximate surface area is 177 Å². The maximum atomic E-state index is 14.4. The molecular formula is C27H14F4. The fourth-order valence-electron chi connectivity index (χ4n) is 3.00. The molecule has 150 valence electrons. The normalized spacial score (nSPS) is 10.2. The zero-order valence-electron chi connectivity index (χ0n) is 16.4. The van der Waals surface area contributed by atoms with Gasteiger partial charge in [-0.2, -0.15) is 0 Å². The number of fused-ring (bicyclic) bond motifs is 1. The number of halogens is 4. The summed E-state index contributed by atoms with van der Waals surface area (Å²) < 4.78 is 55.6. The van der Waals surface area contributed by atoms with Crippen LogP contribution >= 0.6 is 0 Å². The van der Waals surface area contributed by atoms with Crippen molar-refractivity contribution in [3.05, 3.63) is 118 Å². The molecule has 0 aromatic heterocycles. The number of benzene rings is 4. The maximum absolute atomic E-state index is 14.4. The first kappa shape index (κ1) is 20.3. The van der Waals surface area contributed by atoms with Crippen LogP contribution in [0, 0.1) is 53.9 Å². The van der Waals surface area contributed by atoms with Crippen LogP contribution in [0.4, 0.5) is 17.6 Å². The Kier molecular flexibility index (Phi) is 5.48. The molecule has 0 fully saturated rings. The second-order valence-corrected chi connectivity index (χ2v) is 7.01. The van der Waals surface area contributed by atoms with E-state index in [0.29, 0.717) is 16.3 Å². The van der Waals surface area contributed by atoms with Gasteiger partial charge in [0.15, 0.2) is 11.6 Å². The summed E-state index contributed by atoms with van der Waals surface area (Å²) in [5.41, 5.74) is 2.06. The molecule has 4 rings (SSSR count). The third-order valence-corrected chi connectivity index (χ3v) is 4.66. The van der Waals surface area contributed by atoms with E-state index in [9.17, 15) is 17.6 Å². The molecule has 31 heavy (non-hydrogen) atoms. The minimum Gasteiger partial charge on any atom is -0.205 e. The average molecular weight is 414 g/mol. The highest BCUT2D eigenvalue weighted by molar-refractivity contribution is 5.84. The van der Waals surface area contributed by atoms with Crippen LogP contribution in [0.25, 0.3) is 10.8 Å². The number of hydrogen-bond donors (Lipinski definition) is 0. The lowest BCUT2D eigenvalue weighted by molar-refractivity contribution is 0.511. The van der Waals surface area contributed by atoms with Crippen LogP contribution < -0.4 is 0 Å². The van der Waals surface area contributed by atoms with Gasteiger partial charge in [-0.25, -0.2) is 17.6 Å². The predicted octanol–water partition coefficient (Wildman–Crippen LogP) is 6.50. The van der Waals surface area contributed by atoms with Gasteiger partial charge < -0.3 is 0 Å². The van der Waals surface area contributed by atoms with Gasteiger partial charge in [-0.1, -0.05) is 47.4 Å². The first-order valence-corrected chi connectivity index (χ1v) is 9.37. The third kappa shape index (κ3) is 4.60. The molecule has 0 aliphatic heterocycles. The van der Waals surface area contributed by atoms with Crippen LogP contribution in [0.5, 0.6) is 0 Å². The van der Waals surface area contributed by atoms with Gasteiger partial charge in [0.25, 0.3) is 0 Å². The molecule has 4 aromatic rings. The summed E-state index contributed by atoms with van der Waals surface area (Å²) in [6.45, 7) is 1.96. The van der Waals surface area contributed by atoms with Crippen LogP contribution in [0.15, 0.2) is 66.7 Å². The van der Waals surface area contributed by atoms with E-state index < -0.39 is 23.3 Å². The average Bonchev–Trinajstić information content (AvgIpc) is 2.73. The Bertz CT molecular complexity index is 1400. The van der Waals surface area contributed by atoms with Crippen molar-refractivity contribution >= 4 is 10.8 Å². The summed E-state index contributed by atoms with van der Waals surface area (Å²) in [4.78, 5) is 0. The second-order valence-electron chi connectivity index (χ2n) is 7.01. The molecule has 0 aliphatic carbocycles. The van der Waals surface area contributed by atoms with E-state index in [0.717, 1.165) is 35.4 Å². The Morgan fingerprint density at radius 3 is 1.71 bits per heavy atom. The van der Waals surface area contributed by atoms with Crippen molar-refractivity contribution in [2.45, 2.75) is 6.92 Å². The zero-order valence-corrected chi connectivity index (χ0v) is 16.4. The molecule has 0 atom stereocenters. The zero-order chi connectivity index (χ0) is 22.0. The molecule has 4 aromatic carbocycles. The van der Waals surface area contributed by atoms with Gasteiger partial charge >= 0.3 is 0 Å². The van der Waals surface area contributed by atoms with Crippen molar-refractivity contribution in [2.24, 2.45) is 0 Å². The largest absolute Gasteiger partial charge is 0.205 e. The van der Waals surface area contributed by atoms with E-state index in [-0.39, 0.29) is 11.1 Å². The molecule has 0 saturated carbocycles. The highest BCUT2D eigenvalue weighted by atomic mass is 19.2. The maximum Gasteiger partial charge on any atom is 0.159 e. The first-order chi connectivity index (χ1) is 14.9. The summed E-state index contributed by atoms with van der Waals surface area (Å²) >= 11 is 0. The fourth-order valence-corrected chi connectivity index (χ4v) is 3.00. The molecule has 0 aliphatic rings. The van der Waals surface area contributed by atoms with Crippen molar-refractivity contribution < 1.29 is 17.6 Å². The molecule has 0 bridgehead atoms. The molecule has 0 N–H and O–H groups in total. The van der Waals surface area contributed by atoms with Crippen LogP contribution in [0.2, 0.25) is 0 Å². The molecule has 0 amide bonds. The SMILES string of the molecule is Cc1ccc(C#Cc2cc(F)c(C#Cc3ccc4cc(F)c(F)cc4c3)c(F)c2)cc1. The van der Waals surface area contributed by atoms with Gasteiger partial charge in [-0.3, -0.25) is 0 Å². The lowest BCUT2D eigenvalue weighted by Gasteiger charge is -2.01. The van der Waals surface area contributed by atoms with Crippen molar-refractivity contribution in [1.29, 1.82) is 0 Å². The predicted molar refractivity (Wildman–Crippen MR) is 113 cm³/mol. The second kappa shape index (κ2) is 8.38. The lowest BCUT2D eigenvalue weighted by Crippen LogP contribution is -1.92. The van der Waals surface area contributed by atoms with Gasteiger partial charge in [-0.05, 0) is 66.2 Å². The number of hydrogen-bond acceptors (Lipinski definition) is 0. The minimum absolute atomic E-state index is 0.198. The monoisotopic (exact) mass is 414 g/mol. The number of aryl methyl sites for hydroxylation is 1. The van der Waals surface area contributed by atoms with Crippen molar-refractivity contribution in [1.82, 2.24) is 0 Å². The molecule has 0 heterocycles. The Morgan fingerprint density at radius 2 is 1.03 bits per heavy atom. The standard InChI is InChI=1S/C27H14F4/c1-17-2-4-18(5-3-17)6-7-20-13-24(28)23(25(29)14-20)11-9-19-8-10-21-15-26(30)27(31)16-22(21)12-19/h2-5,8,10,12-16H,1H3. The van der Waals surface area contributed by atoms with E-state index >= 15 is 0 Å². The van der Waals surface area contributed by atoms with Gasteiger partial charge in [0.05, 0.1) is 5.56 Å². The molecule has 0 spiro atoms.